The maximum absolute atomic E-state index is 13.7. The largest absolute Gasteiger partial charge is 0.472 e. The molecule has 1 atom stereocenters. The van der Waals surface area contributed by atoms with Gasteiger partial charge >= 0.3 is 0 Å². The van der Waals surface area contributed by atoms with Crippen molar-refractivity contribution in [2.45, 2.75) is 19.6 Å². The summed E-state index contributed by atoms with van der Waals surface area (Å²) in [6.45, 7) is 1.79. The summed E-state index contributed by atoms with van der Waals surface area (Å²) in [5.41, 5.74) is 3.73. The van der Waals surface area contributed by atoms with Crippen LogP contribution in [-0.4, -0.2) is 32.1 Å². The fourth-order valence-corrected chi connectivity index (χ4v) is 4.62. The average Bonchev–Trinajstić information content (AvgIpc) is 3.56. The van der Waals surface area contributed by atoms with Gasteiger partial charge in [-0.15, -0.1) is 0 Å². The molecule has 3 aromatic carbocycles. The lowest BCUT2D eigenvalue weighted by Crippen LogP contribution is -2.23. The number of anilines is 1. The highest BCUT2D eigenvalue weighted by atomic mass is 79.9. The highest BCUT2D eigenvalue weighted by Crippen LogP contribution is 2.36. The number of nitro groups is 1. The van der Waals surface area contributed by atoms with Gasteiger partial charge in [0.25, 0.3) is 5.69 Å². The molecule has 198 valence electrons. The number of carbonyl (C=O) groups excluding carboxylic acids is 1. The number of halogens is 2. The monoisotopic (exact) mass is 591 g/mol. The first-order valence-corrected chi connectivity index (χ1v) is 12.8. The molecule has 1 N–H and O–H groups in total. The Morgan fingerprint density at radius 1 is 1.15 bits per heavy atom. The summed E-state index contributed by atoms with van der Waals surface area (Å²) in [4.78, 5) is 24.4. The van der Waals surface area contributed by atoms with Gasteiger partial charge in [-0.3, -0.25) is 14.9 Å². The van der Waals surface area contributed by atoms with E-state index in [2.05, 4.69) is 21.2 Å². The predicted octanol–water partition coefficient (Wildman–Crippen LogP) is 6.35. The van der Waals surface area contributed by atoms with Crippen molar-refractivity contribution in [1.82, 2.24) is 14.7 Å². The van der Waals surface area contributed by atoms with Crippen LogP contribution < -0.4 is 5.32 Å². The van der Waals surface area contributed by atoms with E-state index in [1.165, 1.54) is 31.2 Å². The van der Waals surface area contributed by atoms with E-state index in [1.54, 1.807) is 29.1 Å². The van der Waals surface area contributed by atoms with Gasteiger partial charge in [-0.1, -0.05) is 22.0 Å². The molecule has 1 aromatic heterocycles. The quantitative estimate of drug-likeness (QED) is 0.189. The molecule has 0 saturated heterocycles. The molecule has 39 heavy (non-hydrogen) atoms. The second-order valence-electron chi connectivity index (χ2n) is 8.91. The molecule has 0 fully saturated rings. The Kier molecular flexibility index (Phi) is 7.42. The molecule has 0 aliphatic carbocycles. The van der Waals surface area contributed by atoms with Crippen molar-refractivity contribution in [3.63, 3.8) is 0 Å². The molecule has 0 spiro atoms. The molecule has 1 aliphatic rings. The zero-order valence-corrected chi connectivity index (χ0v) is 22.3. The van der Waals surface area contributed by atoms with Crippen LogP contribution >= 0.6 is 15.9 Å². The predicted molar refractivity (Wildman–Crippen MR) is 147 cm³/mol. The molecule has 2 heterocycles. The normalized spacial score (nSPS) is 14.3. The minimum Gasteiger partial charge on any atom is -0.472 e. The Morgan fingerprint density at radius 3 is 2.59 bits per heavy atom. The van der Waals surface area contributed by atoms with Crippen LogP contribution in [0.2, 0.25) is 0 Å². The zero-order chi connectivity index (χ0) is 27.5. The number of aromatic nitrogens is 2. The van der Waals surface area contributed by atoms with E-state index in [1.807, 2.05) is 41.6 Å². The van der Waals surface area contributed by atoms with Crippen molar-refractivity contribution in [2.75, 3.05) is 11.9 Å². The molecule has 11 heteroatoms. The fourth-order valence-electron chi connectivity index (χ4n) is 4.35. The zero-order valence-electron chi connectivity index (χ0n) is 20.8. The van der Waals surface area contributed by atoms with Crippen LogP contribution in [0.5, 0.6) is 0 Å². The van der Waals surface area contributed by atoms with E-state index >= 15 is 0 Å². The lowest BCUT2D eigenvalue weighted by atomic mass is 10.1. The Hall–Kier alpha value is -4.51. The number of nitrogens with one attached hydrogen (secondary N) is 1. The summed E-state index contributed by atoms with van der Waals surface area (Å²) in [6, 6.07) is 18.6. The number of hydrogen-bond donors (Lipinski definition) is 1. The van der Waals surface area contributed by atoms with Crippen LogP contribution in [-0.2, 0) is 16.0 Å². The van der Waals surface area contributed by atoms with Crippen molar-refractivity contribution in [3.05, 3.63) is 117 Å². The molecule has 5 rings (SSSR count). The first kappa shape index (κ1) is 26.1. The topological polar surface area (TPSA) is 103 Å². The van der Waals surface area contributed by atoms with E-state index in [9.17, 15) is 19.3 Å². The minimum atomic E-state index is -0.512. The van der Waals surface area contributed by atoms with Gasteiger partial charge in [-0.25, -0.2) is 9.07 Å². The third kappa shape index (κ3) is 5.83. The molecule has 0 saturated carbocycles. The number of rotatable bonds is 8. The molecule has 9 nitrogen and oxygen atoms in total. The van der Waals surface area contributed by atoms with Gasteiger partial charge in [-0.05, 0) is 66.6 Å². The first-order valence-electron chi connectivity index (χ1n) is 12.0. The number of carbonyl (C=O) groups is 1. The number of nitrogens with zero attached hydrogens (tertiary/aromatic N) is 4. The summed E-state index contributed by atoms with van der Waals surface area (Å²) in [6.07, 6.45) is 5.27. The van der Waals surface area contributed by atoms with Crippen LogP contribution in [0.1, 0.15) is 24.3 Å². The van der Waals surface area contributed by atoms with Crippen molar-refractivity contribution >= 4 is 33.2 Å². The number of hydrogen-bond acceptors (Lipinski definition) is 6. The van der Waals surface area contributed by atoms with Gasteiger partial charge in [0.05, 0.1) is 16.2 Å². The second-order valence-corrected chi connectivity index (χ2v) is 9.83. The maximum Gasteiger partial charge on any atom is 0.293 e. The van der Waals surface area contributed by atoms with Gasteiger partial charge in [0.2, 0.25) is 12.1 Å². The maximum atomic E-state index is 13.7. The fraction of sp³-hybridized carbons (Fsp3) is 0.143. The van der Waals surface area contributed by atoms with Crippen LogP contribution in [0.15, 0.2) is 89.9 Å². The molecular weight excluding hydrogens is 569 g/mol. The summed E-state index contributed by atoms with van der Waals surface area (Å²) in [5.74, 6) is -0.722. The van der Waals surface area contributed by atoms with Crippen molar-refractivity contribution < 1.29 is 18.8 Å². The molecule has 1 unspecified atom stereocenters. The van der Waals surface area contributed by atoms with E-state index in [-0.39, 0.29) is 23.1 Å². The standard InChI is InChI=1S/C28H23BrFN5O4/c1-18(36)31-25-11-2-19(16-26(25)35(37)38)12-13-33-14-15-39-28(33)24-17-34(23-9-5-21(29)6-10-23)32-27(24)20-3-7-22(30)8-4-20/h2-11,14-17,28H,12-13H2,1H3,(H,31,36). The SMILES string of the molecule is CC(=O)Nc1ccc(CCN2C=COC2c2cn(-c3ccc(Br)cc3)nc2-c2ccc(F)cc2)cc1[N+](=O)[O-]. The molecule has 0 radical (unpaired) electrons. The highest BCUT2D eigenvalue weighted by Gasteiger charge is 2.29. The third-order valence-corrected chi connectivity index (χ3v) is 6.74. The van der Waals surface area contributed by atoms with Crippen molar-refractivity contribution in [2.24, 2.45) is 0 Å². The average molecular weight is 592 g/mol. The molecule has 1 aliphatic heterocycles. The Bertz CT molecular complexity index is 1550. The second kappa shape index (κ2) is 11.1. The van der Waals surface area contributed by atoms with Gasteiger partial charge in [0.15, 0.2) is 0 Å². The van der Waals surface area contributed by atoms with Crippen molar-refractivity contribution in [1.29, 1.82) is 0 Å². The molecule has 4 aromatic rings. The van der Waals surface area contributed by atoms with Crippen LogP contribution in [0.3, 0.4) is 0 Å². The first-order chi connectivity index (χ1) is 18.8. The number of ether oxygens (including phenoxy) is 1. The van der Waals surface area contributed by atoms with Crippen LogP contribution in [0, 0.1) is 15.9 Å². The molecular formula is C28H23BrFN5O4. The van der Waals surface area contributed by atoms with Gasteiger partial charge in [-0.2, -0.15) is 5.10 Å². The highest BCUT2D eigenvalue weighted by molar-refractivity contribution is 9.10. The third-order valence-electron chi connectivity index (χ3n) is 6.21. The van der Waals surface area contributed by atoms with Crippen molar-refractivity contribution in [3.8, 4) is 16.9 Å². The van der Waals surface area contributed by atoms with Gasteiger partial charge < -0.3 is 15.0 Å². The Morgan fingerprint density at radius 2 is 1.90 bits per heavy atom. The number of amides is 1. The molecule has 0 bridgehead atoms. The molecule has 1 amide bonds. The van der Waals surface area contributed by atoms with Crippen LogP contribution in [0.4, 0.5) is 15.8 Å². The number of benzene rings is 3. The van der Waals surface area contributed by atoms with Gasteiger partial charge in [0, 0.05) is 42.0 Å². The lowest BCUT2D eigenvalue weighted by Gasteiger charge is -2.24. The van der Waals surface area contributed by atoms with E-state index < -0.39 is 11.2 Å². The smallest absolute Gasteiger partial charge is 0.293 e. The summed E-state index contributed by atoms with van der Waals surface area (Å²) in [7, 11) is 0. The Balaban J connectivity index is 1.43. The minimum absolute atomic E-state index is 0.155. The van der Waals surface area contributed by atoms with Gasteiger partial charge in [0.1, 0.15) is 23.5 Å². The summed E-state index contributed by atoms with van der Waals surface area (Å²) < 4.78 is 22.3. The van der Waals surface area contributed by atoms with E-state index in [4.69, 9.17) is 9.84 Å². The lowest BCUT2D eigenvalue weighted by molar-refractivity contribution is -0.384. The van der Waals surface area contributed by atoms with E-state index in [0.29, 0.717) is 18.7 Å². The summed E-state index contributed by atoms with van der Waals surface area (Å²) in [5, 5.41) is 18.9. The number of nitro benzene ring substituents is 1. The van der Waals surface area contributed by atoms with E-state index in [0.717, 1.165) is 26.9 Å². The summed E-state index contributed by atoms with van der Waals surface area (Å²) >= 11 is 3.45. The van der Waals surface area contributed by atoms with Crippen LogP contribution in [0.25, 0.3) is 16.9 Å². The Labute approximate surface area is 231 Å².